The van der Waals surface area contributed by atoms with Crippen LogP contribution in [0.1, 0.15) is 41.3 Å². The molecule has 1 aliphatic rings. The second kappa shape index (κ2) is 13.2. The summed E-state index contributed by atoms with van der Waals surface area (Å²) in [4.78, 5) is 6.09. The molecule has 2 N–H and O–H groups in total. The fraction of sp³-hybridized carbons (Fsp3) is 0.500. The van der Waals surface area contributed by atoms with Crippen LogP contribution in [0.2, 0.25) is 0 Å². The monoisotopic (exact) mass is 529 g/mol. The number of hydrogen-bond donors (Lipinski definition) is 2. The van der Waals surface area contributed by atoms with E-state index in [4.69, 9.17) is 14.5 Å². The molecule has 0 saturated carbocycles. The lowest BCUT2D eigenvalue weighted by atomic mass is 10.1. The van der Waals surface area contributed by atoms with Crippen molar-refractivity contribution in [2.45, 2.75) is 52.5 Å². The summed E-state index contributed by atoms with van der Waals surface area (Å²) in [5.41, 5.74) is 3.72. The molecule has 2 aromatic rings. The number of halogens is 1. The first kappa shape index (κ1) is 24.1. The molecule has 1 fully saturated rings. The Labute approximate surface area is 195 Å². The molecule has 5 nitrogen and oxygen atoms in total. The Hall–Kier alpha value is -1.16. The van der Waals surface area contributed by atoms with Gasteiger partial charge < -0.3 is 20.1 Å². The SMILES string of the molecule is CCNC(=NCc1cccc(COC2CCOCC2)c1)NCc1sccc1C.I. The van der Waals surface area contributed by atoms with Crippen molar-refractivity contribution in [1.29, 1.82) is 0 Å². The van der Waals surface area contributed by atoms with Crippen molar-refractivity contribution in [2.24, 2.45) is 4.99 Å². The Morgan fingerprint density at radius 2 is 2.00 bits per heavy atom. The van der Waals surface area contributed by atoms with Crippen LogP contribution in [0, 0.1) is 6.92 Å². The quantitative estimate of drug-likeness (QED) is 0.298. The minimum absolute atomic E-state index is 0. The number of nitrogens with one attached hydrogen (secondary N) is 2. The van der Waals surface area contributed by atoms with Gasteiger partial charge in [-0.1, -0.05) is 24.3 Å². The van der Waals surface area contributed by atoms with E-state index in [0.29, 0.717) is 19.3 Å². The van der Waals surface area contributed by atoms with E-state index in [1.165, 1.54) is 21.6 Å². The van der Waals surface area contributed by atoms with Gasteiger partial charge in [0.15, 0.2) is 5.96 Å². The van der Waals surface area contributed by atoms with Crippen LogP contribution in [0.5, 0.6) is 0 Å². The van der Waals surface area contributed by atoms with E-state index in [1.807, 2.05) is 0 Å². The van der Waals surface area contributed by atoms with Gasteiger partial charge in [0.2, 0.25) is 0 Å². The summed E-state index contributed by atoms with van der Waals surface area (Å²) in [6, 6.07) is 10.7. The van der Waals surface area contributed by atoms with E-state index in [2.05, 4.69) is 60.2 Å². The lowest BCUT2D eigenvalue weighted by Crippen LogP contribution is -2.36. The highest BCUT2D eigenvalue weighted by Gasteiger charge is 2.14. The lowest BCUT2D eigenvalue weighted by Gasteiger charge is -2.22. The van der Waals surface area contributed by atoms with E-state index in [-0.39, 0.29) is 24.0 Å². The van der Waals surface area contributed by atoms with Gasteiger partial charge >= 0.3 is 0 Å². The molecule has 1 aromatic carbocycles. The fourth-order valence-electron chi connectivity index (χ4n) is 3.14. The predicted octanol–water partition coefficient (Wildman–Crippen LogP) is 4.63. The van der Waals surface area contributed by atoms with Gasteiger partial charge in [0, 0.05) is 24.6 Å². The van der Waals surface area contributed by atoms with Crippen LogP contribution in [-0.2, 0) is 29.2 Å². The Morgan fingerprint density at radius 1 is 1.21 bits per heavy atom. The minimum Gasteiger partial charge on any atom is -0.381 e. The van der Waals surface area contributed by atoms with Crippen LogP contribution in [0.4, 0.5) is 0 Å². The third kappa shape index (κ3) is 8.24. The maximum Gasteiger partial charge on any atom is 0.191 e. The Kier molecular flexibility index (Phi) is 11.0. The number of guanidine groups is 1. The van der Waals surface area contributed by atoms with E-state index in [1.54, 1.807) is 11.3 Å². The van der Waals surface area contributed by atoms with Crippen LogP contribution in [0.3, 0.4) is 0 Å². The maximum atomic E-state index is 6.04. The molecule has 0 atom stereocenters. The zero-order valence-electron chi connectivity index (χ0n) is 17.3. The number of aliphatic imine (C=N–C) groups is 1. The van der Waals surface area contributed by atoms with E-state index < -0.39 is 0 Å². The van der Waals surface area contributed by atoms with Crippen LogP contribution in [0.25, 0.3) is 0 Å². The molecule has 29 heavy (non-hydrogen) atoms. The Morgan fingerprint density at radius 3 is 2.72 bits per heavy atom. The maximum absolute atomic E-state index is 6.04. The molecule has 1 saturated heterocycles. The van der Waals surface area contributed by atoms with Crippen molar-refractivity contribution in [3.05, 3.63) is 57.3 Å². The van der Waals surface area contributed by atoms with Crippen molar-refractivity contribution >= 4 is 41.3 Å². The van der Waals surface area contributed by atoms with Crippen molar-refractivity contribution in [3.8, 4) is 0 Å². The van der Waals surface area contributed by atoms with E-state index >= 15 is 0 Å². The number of ether oxygens (including phenoxy) is 2. The van der Waals surface area contributed by atoms with Gasteiger partial charge in [0.1, 0.15) is 0 Å². The third-order valence-electron chi connectivity index (χ3n) is 4.79. The van der Waals surface area contributed by atoms with E-state index in [0.717, 1.165) is 45.1 Å². The largest absolute Gasteiger partial charge is 0.381 e. The van der Waals surface area contributed by atoms with Gasteiger partial charge in [-0.15, -0.1) is 35.3 Å². The number of aryl methyl sites for hydroxylation is 1. The van der Waals surface area contributed by atoms with Crippen molar-refractivity contribution in [1.82, 2.24) is 10.6 Å². The third-order valence-corrected chi connectivity index (χ3v) is 5.82. The van der Waals surface area contributed by atoms with Gasteiger partial charge in [0.25, 0.3) is 0 Å². The van der Waals surface area contributed by atoms with Crippen molar-refractivity contribution < 1.29 is 9.47 Å². The van der Waals surface area contributed by atoms with Gasteiger partial charge in [-0.05, 0) is 54.8 Å². The molecule has 0 radical (unpaired) electrons. The molecule has 0 bridgehead atoms. The predicted molar refractivity (Wildman–Crippen MR) is 131 cm³/mol. The molecule has 0 aliphatic carbocycles. The topological polar surface area (TPSA) is 54.9 Å². The van der Waals surface area contributed by atoms with Crippen molar-refractivity contribution in [2.75, 3.05) is 19.8 Å². The van der Waals surface area contributed by atoms with Crippen LogP contribution in [-0.4, -0.2) is 31.8 Å². The normalized spacial score (nSPS) is 15.0. The summed E-state index contributed by atoms with van der Waals surface area (Å²) in [6.07, 6.45) is 2.30. The average molecular weight is 529 g/mol. The number of thiophene rings is 1. The molecule has 0 amide bonds. The summed E-state index contributed by atoms with van der Waals surface area (Å²) in [6.45, 7) is 8.78. The number of hydrogen-bond acceptors (Lipinski definition) is 4. The average Bonchev–Trinajstić information content (AvgIpc) is 3.14. The second-order valence-electron chi connectivity index (χ2n) is 7.02. The standard InChI is InChI=1S/C22H31N3O2S.HI/c1-3-23-22(25-15-21-17(2)9-12-28-21)24-14-18-5-4-6-19(13-18)16-27-20-7-10-26-11-8-20;/h4-6,9,12-13,20H,3,7-8,10-11,14-16H2,1-2H3,(H2,23,24,25);1H. The molecule has 0 spiro atoms. The molecular formula is C22H32IN3O2S. The van der Waals surface area contributed by atoms with Crippen LogP contribution in [0.15, 0.2) is 40.7 Å². The van der Waals surface area contributed by atoms with Gasteiger partial charge in [0.05, 0.1) is 25.8 Å². The zero-order valence-corrected chi connectivity index (χ0v) is 20.4. The smallest absolute Gasteiger partial charge is 0.191 e. The second-order valence-corrected chi connectivity index (χ2v) is 8.02. The van der Waals surface area contributed by atoms with Crippen molar-refractivity contribution in [3.63, 3.8) is 0 Å². The highest BCUT2D eigenvalue weighted by Crippen LogP contribution is 2.16. The lowest BCUT2D eigenvalue weighted by molar-refractivity contribution is -0.0390. The summed E-state index contributed by atoms with van der Waals surface area (Å²) < 4.78 is 11.4. The molecule has 3 rings (SSSR count). The summed E-state index contributed by atoms with van der Waals surface area (Å²) in [5.74, 6) is 0.846. The van der Waals surface area contributed by atoms with Gasteiger partial charge in [-0.3, -0.25) is 0 Å². The first-order valence-corrected chi connectivity index (χ1v) is 10.9. The summed E-state index contributed by atoms with van der Waals surface area (Å²) >= 11 is 1.78. The van der Waals surface area contributed by atoms with Crippen LogP contribution >= 0.6 is 35.3 Å². The molecule has 7 heteroatoms. The highest BCUT2D eigenvalue weighted by molar-refractivity contribution is 14.0. The highest BCUT2D eigenvalue weighted by atomic mass is 127. The van der Waals surface area contributed by atoms with E-state index in [9.17, 15) is 0 Å². The summed E-state index contributed by atoms with van der Waals surface area (Å²) in [7, 11) is 0. The zero-order chi connectivity index (χ0) is 19.6. The Balaban J connectivity index is 0.00000300. The molecule has 1 aliphatic heterocycles. The van der Waals surface area contributed by atoms with Gasteiger partial charge in [-0.2, -0.15) is 0 Å². The van der Waals surface area contributed by atoms with Crippen LogP contribution < -0.4 is 10.6 Å². The molecule has 1 aromatic heterocycles. The fourth-order valence-corrected chi connectivity index (χ4v) is 3.98. The minimum atomic E-state index is 0. The first-order valence-electron chi connectivity index (χ1n) is 10.1. The molecular weight excluding hydrogens is 497 g/mol. The van der Waals surface area contributed by atoms with Gasteiger partial charge in [-0.25, -0.2) is 4.99 Å². The first-order chi connectivity index (χ1) is 13.7. The molecule has 160 valence electrons. The number of benzene rings is 1. The number of nitrogens with zero attached hydrogens (tertiary/aromatic N) is 1. The summed E-state index contributed by atoms with van der Waals surface area (Å²) in [5, 5.41) is 8.88. The number of rotatable bonds is 8. The molecule has 0 unspecified atom stereocenters. The molecule has 2 heterocycles. The Bertz CT molecular complexity index is 760.